The van der Waals surface area contributed by atoms with Gasteiger partial charge < -0.3 is 15.2 Å². The van der Waals surface area contributed by atoms with Gasteiger partial charge in [0.25, 0.3) is 0 Å². The van der Waals surface area contributed by atoms with Crippen molar-refractivity contribution in [2.45, 2.75) is 6.42 Å². The van der Waals surface area contributed by atoms with Crippen LogP contribution in [0.2, 0.25) is 0 Å². The summed E-state index contributed by atoms with van der Waals surface area (Å²) in [5.74, 6) is 0.00687. The summed E-state index contributed by atoms with van der Waals surface area (Å²) in [5, 5.41) is 0. The molecule has 0 spiro atoms. The van der Waals surface area contributed by atoms with Crippen molar-refractivity contribution in [3.8, 4) is 5.88 Å². The SMILES string of the molecule is COC(=O)c1ccnc(OCCCN)c1. The fourth-order valence-corrected chi connectivity index (χ4v) is 0.993. The van der Waals surface area contributed by atoms with E-state index >= 15 is 0 Å². The number of aromatic nitrogens is 1. The van der Waals surface area contributed by atoms with Gasteiger partial charge in [-0.05, 0) is 19.0 Å². The minimum atomic E-state index is -0.402. The number of esters is 1. The van der Waals surface area contributed by atoms with Gasteiger partial charge in [-0.3, -0.25) is 0 Å². The third-order valence-corrected chi connectivity index (χ3v) is 1.75. The Morgan fingerprint density at radius 2 is 2.40 bits per heavy atom. The molecule has 0 aliphatic rings. The fourth-order valence-electron chi connectivity index (χ4n) is 0.993. The Hall–Kier alpha value is -1.62. The lowest BCUT2D eigenvalue weighted by atomic mass is 10.3. The minimum Gasteiger partial charge on any atom is -0.478 e. The van der Waals surface area contributed by atoms with E-state index in [4.69, 9.17) is 10.5 Å². The van der Waals surface area contributed by atoms with E-state index in [-0.39, 0.29) is 0 Å². The lowest BCUT2D eigenvalue weighted by Crippen LogP contribution is -2.08. The Bertz CT molecular complexity index is 328. The van der Waals surface area contributed by atoms with Gasteiger partial charge in [-0.25, -0.2) is 9.78 Å². The van der Waals surface area contributed by atoms with Crippen LogP contribution in [0.4, 0.5) is 0 Å². The summed E-state index contributed by atoms with van der Waals surface area (Å²) in [7, 11) is 1.33. The van der Waals surface area contributed by atoms with Crippen molar-refractivity contribution in [3.63, 3.8) is 0 Å². The lowest BCUT2D eigenvalue weighted by Gasteiger charge is -2.05. The summed E-state index contributed by atoms with van der Waals surface area (Å²) in [5.41, 5.74) is 5.74. The first-order chi connectivity index (χ1) is 7.27. The fraction of sp³-hybridized carbons (Fsp3) is 0.400. The highest BCUT2D eigenvalue weighted by atomic mass is 16.5. The highest BCUT2D eigenvalue weighted by molar-refractivity contribution is 5.89. The molecule has 0 radical (unpaired) electrons. The van der Waals surface area contributed by atoms with E-state index in [9.17, 15) is 4.79 Å². The maximum absolute atomic E-state index is 11.2. The number of hydrogen-bond donors (Lipinski definition) is 1. The van der Waals surface area contributed by atoms with Gasteiger partial charge in [-0.2, -0.15) is 0 Å². The summed E-state index contributed by atoms with van der Waals surface area (Å²) in [6, 6.07) is 3.12. The number of carbonyl (C=O) groups excluding carboxylic acids is 1. The van der Waals surface area contributed by atoms with E-state index in [1.165, 1.54) is 13.3 Å². The molecule has 5 nitrogen and oxygen atoms in total. The minimum absolute atomic E-state index is 0.402. The summed E-state index contributed by atoms with van der Waals surface area (Å²) in [6.45, 7) is 1.06. The van der Waals surface area contributed by atoms with Crippen molar-refractivity contribution in [3.05, 3.63) is 23.9 Å². The molecule has 0 aromatic carbocycles. The predicted molar refractivity (Wildman–Crippen MR) is 54.7 cm³/mol. The highest BCUT2D eigenvalue weighted by Gasteiger charge is 2.06. The molecule has 0 saturated carbocycles. The quantitative estimate of drug-likeness (QED) is 0.569. The van der Waals surface area contributed by atoms with Gasteiger partial charge in [-0.1, -0.05) is 0 Å². The molecule has 15 heavy (non-hydrogen) atoms. The smallest absolute Gasteiger partial charge is 0.338 e. The second kappa shape index (κ2) is 5.98. The first kappa shape index (κ1) is 11.5. The largest absolute Gasteiger partial charge is 0.478 e. The lowest BCUT2D eigenvalue weighted by molar-refractivity contribution is 0.0600. The van der Waals surface area contributed by atoms with Gasteiger partial charge in [-0.15, -0.1) is 0 Å². The Balaban J connectivity index is 2.62. The van der Waals surface area contributed by atoms with Crippen molar-refractivity contribution in [2.75, 3.05) is 20.3 Å². The molecule has 0 aliphatic carbocycles. The van der Waals surface area contributed by atoms with Gasteiger partial charge >= 0.3 is 5.97 Å². The van der Waals surface area contributed by atoms with Crippen LogP contribution >= 0.6 is 0 Å². The molecule has 0 unspecified atom stereocenters. The number of methoxy groups -OCH3 is 1. The number of rotatable bonds is 5. The molecule has 0 bridgehead atoms. The number of pyridine rings is 1. The van der Waals surface area contributed by atoms with Crippen molar-refractivity contribution in [1.82, 2.24) is 4.98 Å². The van der Waals surface area contributed by atoms with E-state index in [2.05, 4.69) is 9.72 Å². The highest BCUT2D eigenvalue weighted by Crippen LogP contribution is 2.10. The Kier molecular flexibility index (Phi) is 4.56. The number of nitrogens with two attached hydrogens (primary N) is 1. The van der Waals surface area contributed by atoms with Crippen LogP contribution in [0, 0.1) is 0 Å². The van der Waals surface area contributed by atoms with Gasteiger partial charge in [0.1, 0.15) is 0 Å². The Morgan fingerprint density at radius 3 is 3.07 bits per heavy atom. The first-order valence-corrected chi connectivity index (χ1v) is 4.65. The molecule has 0 aliphatic heterocycles. The van der Waals surface area contributed by atoms with E-state index in [0.29, 0.717) is 24.6 Å². The molecular formula is C10H14N2O3. The molecule has 82 valence electrons. The number of ether oxygens (including phenoxy) is 2. The van der Waals surface area contributed by atoms with Gasteiger partial charge in [0, 0.05) is 12.3 Å². The molecule has 1 heterocycles. The zero-order valence-electron chi connectivity index (χ0n) is 8.60. The van der Waals surface area contributed by atoms with Gasteiger partial charge in [0.2, 0.25) is 5.88 Å². The van der Waals surface area contributed by atoms with Crippen LogP contribution in [-0.4, -0.2) is 31.2 Å². The molecular weight excluding hydrogens is 196 g/mol. The van der Waals surface area contributed by atoms with Crippen molar-refractivity contribution >= 4 is 5.97 Å². The van der Waals surface area contributed by atoms with Crippen molar-refractivity contribution in [2.24, 2.45) is 5.73 Å². The van der Waals surface area contributed by atoms with Crippen LogP contribution in [0.15, 0.2) is 18.3 Å². The average Bonchev–Trinajstić information content (AvgIpc) is 2.29. The van der Waals surface area contributed by atoms with E-state index in [1.807, 2.05) is 0 Å². The third kappa shape index (κ3) is 3.55. The third-order valence-electron chi connectivity index (χ3n) is 1.75. The maximum Gasteiger partial charge on any atom is 0.338 e. The zero-order chi connectivity index (χ0) is 11.1. The van der Waals surface area contributed by atoms with Crippen LogP contribution < -0.4 is 10.5 Å². The summed E-state index contributed by atoms with van der Waals surface area (Å²) < 4.78 is 9.86. The van der Waals surface area contributed by atoms with E-state index < -0.39 is 5.97 Å². The van der Waals surface area contributed by atoms with Gasteiger partial charge in [0.05, 0.1) is 19.3 Å². The maximum atomic E-state index is 11.2. The molecule has 1 aromatic heterocycles. The molecule has 2 N–H and O–H groups in total. The molecule has 0 fully saturated rings. The van der Waals surface area contributed by atoms with Gasteiger partial charge in [0.15, 0.2) is 0 Å². The van der Waals surface area contributed by atoms with Crippen LogP contribution in [0.1, 0.15) is 16.8 Å². The molecule has 1 aromatic rings. The summed E-state index contributed by atoms with van der Waals surface area (Å²) >= 11 is 0. The number of nitrogens with zero attached hydrogens (tertiary/aromatic N) is 1. The first-order valence-electron chi connectivity index (χ1n) is 4.65. The summed E-state index contributed by atoms with van der Waals surface area (Å²) in [4.78, 5) is 15.1. The Labute approximate surface area is 88.2 Å². The predicted octanol–water partition coefficient (Wildman–Crippen LogP) is 0.596. The molecule has 5 heteroatoms. The van der Waals surface area contributed by atoms with Crippen molar-refractivity contribution in [1.29, 1.82) is 0 Å². The second-order valence-electron chi connectivity index (χ2n) is 2.87. The topological polar surface area (TPSA) is 74.4 Å². The van der Waals surface area contributed by atoms with E-state index in [1.54, 1.807) is 12.1 Å². The monoisotopic (exact) mass is 210 g/mol. The van der Waals surface area contributed by atoms with Crippen LogP contribution in [0.25, 0.3) is 0 Å². The zero-order valence-corrected chi connectivity index (χ0v) is 8.60. The molecule has 1 rings (SSSR count). The second-order valence-corrected chi connectivity index (χ2v) is 2.87. The average molecular weight is 210 g/mol. The molecule has 0 saturated heterocycles. The van der Waals surface area contributed by atoms with Crippen LogP contribution in [-0.2, 0) is 4.74 Å². The molecule has 0 amide bonds. The Morgan fingerprint density at radius 1 is 1.60 bits per heavy atom. The van der Waals surface area contributed by atoms with Crippen LogP contribution in [0.5, 0.6) is 5.88 Å². The number of hydrogen-bond acceptors (Lipinski definition) is 5. The summed E-state index contributed by atoms with van der Waals surface area (Å²) in [6.07, 6.45) is 2.26. The number of carbonyl (C=O) groups is 1. The van der Waals surface area contributed by atoms with Crippen molar-refractivity contribution < 1.29 is 14.3 Å². The normalized spacial score (nSPS) is 9.73. The van der Waals surface area contributed by atoms with Crippen LogP contribution in [0.3, 0.4) is 0 Å². The molecule has 0 atom stereocenters. The standard InChI is InChI=1S/C10H14N2O3/c1-14-10(13)8-3-5-12-9(7-8)15-6-2-4-11/h3,5,7H,2,4,6,11H2,1H3. The van der Waals surface area contributed by atoms with E-state index in [0.717, 1.165) is 6.42 Å².